The second-order valence-electron chi connectivity index (χ2n) is 4.71. The van der Waals surface area contributed by atoms with Gasteiger partial charge in [-0.2, -0.15) is 15.6 Å². The smallest absolute Gasteiger partial charge is 0.277 e. The first-order valence-corrected chi connectivity index (χ1v) is 7.26. The number of hydrogen-bond donors (Lipinski definition) is 1. The number of hydrazone groups is 1. The summed E-state index contributed by atoms with van der Waals surface area (Å²) in [5.41, 5.74) is 3.45. The van der Waals surface area contributed by atoms with Gasteiger partial charge in [0.2, 0.25) is 0 Å². The minimum Gasteiger partial charge on any atom is -0.482 e. The Kier molecular flexibility index (Phi) is 6.54. The number of amides is 1. The first-order chi connectivity index (χ1) is 12.2. The molecule has 0 spiro atoms. The second-order valence-corrected chi connectivity index (χ2v) is 4.71. The van der Waals surface area contributed by atoms with Crippen molar-refractivity contribution in [2.75, 3.05) is 13.2 Å². The number of rotatable bonds is 7. The lowest BCUT2D eigenvalue weighted by atomic mass is 10.2. The van der Waals surface area contributed by atoms with E-state index in [1.807, 2.05) is 12.1 Å². The van der Waals surface area contributed by atoms with Crippen molar-refractivity contribution in [3.05, 3.63) is 59.7 Å². The van der Waals surface area contributed by atoms with Crippen LogP contribution in [0, 0.1) is 22.7 Å². The maximum absolute atomic E-state index is 11.7. The van der Waals surface area contributed by atoms with Crippen LogP contribution in [-0.2, 0) is 4.79 Å². The summed E-state index contributed by atoms with van der Waals surface area (Å²) in [7, 11) is 0. The van der Waals surface area contributed by atoms with E-state index < -0.39 is 5.91 Å². The van der Waals surface area contributed by atoms with E-state index in [2.05, 4.69) is 10.5 Å². The van der Waals surface area contributed by atoms with Gasteiger partial charge in [0, 0.05) is 0 Å². The third-order valence-electron chi connectivity index (χ3n) is 2.95. The van der Waals surface area contributed by atoms with Gasteiger partial charge in [0.1, 0.15) is 23.6 Å². The summed E-state index contributed by atoms with van der Waals surface area (Å²) in [5, 5.41) is 21.2. The van der Waals surface area contributed by atoms with Crippen molar-refractivity contribution in [3.8, 4) is 23.6 Å². The zero-order chi connectivity index (χ0) is 17.9. The summed E-state index contributed by atoms with van der Waals surface area (Å²) in [4.78, 5) is 11.7. The van der Waals surface area contributed by atoms with Gasteiger partial charge >= 0.3 is 0 Å². The molecule has 0 saturated carbocycles. The number of hydrogen-bond acceptors (Lipinski definition) is 6. The minimum absolute atomic E-state index is 0.0155. The fraction of sp³-hybridized carbons (Fsp3) is 0.111. The van der Waals surface area contributed by atoms with Gasteiger partial charge < -0.3 is 9.47 Å². The highest BCUT2D eigenvalue weighted by atomic mass is 16.5. The Balaban J connectivity index is 1.80. The van der Waals surface area contributed by atoms with Gasteiger partial charge in [-0.05, 0) is 42.0 Å². The number of para-hydroxylation sites is 1. The molecule has 0 heterocycles. The Morgan fingerprint density at radius 3 is 2.60 bits per heavy atom. The molecule has 0 aliphatic rings. The van der Waals surface area contributed by atoms with Crippen LogP contribution < -0.4 is 14.9 Å². The summed E-state index contributed by atoms with van der Waals surface area (Å²) in [6, 6.07) is 17.4. The van der Waals surface area contributed by atoms with Crippen molar-refractivity contribution >= 4 is 12.1 Å². The van der Waals surface area contributed by atoms with Crippen molar-refractivity contribution in [1.82, 2.24) is 5.43 Å². The Morgan fingerprint density at radius 2 is 1.88 bits per heavy atom. The highest BCUT2D eigenvalue weighted by Crippen LogP contribution is 2.16. The van der Waals surface area contributed by atoms with Gasteiger partial charge in [0.25, 0.3) is 5.91 Å². The molecule has 1 amide bonds. The molecule has 0 aliphatic heterocycles. The number of nitrogens with zero attached hydrogens (tertiary/aromatic N) is 3. The maximum atomic E-state index is 11.7. The lowest BCUT2D eigenvalue weighted by molar-refractivity contribution is -0.123. The van der Waals surface area contributed by atoms with Crippen LogP contribution in [0.25, 0.3) is 0 Å². The van der Waals surface area contributed by atoms with Crippen molar-refractivity contribution < 1.29 is 14.3 Å². The van der Waals surface area contributed by atoms with Gasteiger partial charge in [-0.3, -0.25) is 4.79 Å². The van der Waals surface area contributed by atoms with Gasteiger partial charge in [0.15, 0.2) is 13.2 Å². The van der Waals surface area contributed by atoms with Crippen LogP contribution in [0.5, 0.6) is 11.5 Å². The molecule has 2 rings (SSSR count). The lowest BCUT2D eigenvalue weighted by Crippen LogP contribution is -2.24. The fourth-order valence-electron chi connectivity index (χ4n) is 1.80. The van der Waals surface area contributed by atoms with E-state index in [1.165, 1.54) is 6.21 Å². The molecule has 25 heavy (non-hydrogen) atoms. The van der Waals surface area contributed by atoms with Crippen LogP contribution >= 0.6 is 0 Å². The lowest BCUT2D eigenvalue weighted by Gasteiger charge is -2.06. The predicted octanol–water partition coefficient (Wildman–Crippen LogP) is 1.99. The molecule has 0 aromatic heterocycles. The normalized spacial score (nSPS) is 9.84. The molecule has 1 N–H and O–H groups in total. The molecule has 0 bridgehead atoms. The van der Waals surface area contributed by atoms with Crippen LogP contribution in [0.1, 0.15) is 11.1 Å². The van der Waals surface area contributed by atoms with Crippen LogP contribution in [-0.4, -0.2) is 25.3 Å². The third-order valence-corrected chi connectivity index (χ3v) is 2.95. The molecule has 124 valence electrons. The molecule has 7 heteroatoms. The molecule has 0 radical (unpaired) electrons. The summed E-state index contributed by atoms with van der Waals surface area (Å²) in [5.74, 6) is 0.474. The van der Waals surface area contributed by atoms with Crippen LogP contribution in [0.4, 0.5) is 0 Å². The molecule has 2 aromatic carbocycles. The van der Waals surface area contributed by atoms with E-state index in [1.54, 1.807) is 48.5 Å². The summed E-state index contributed by atoms with van der Waals surface area (Å²) in [6.07, 6.45) is 1.47. The number of nitriles is 2. The summed E-state index contributed by atoms with van der Waals surface area (Å²) in [6.45, 7) is -0.268. The Labute approximate surface area is 144 Å². The van der Waals surface area contributed by atoms with E-state index in [4.69, 9.17) is 20.0 Å². The predicted molar refractivity (Wildman–Crippen MR) is 89.9 cm³/mol. The number of carbonyl (C=O) groups excluding carboxylic acids is 1. The highest BCUT2D eigenvalue weighted by molar-refractivity contribution is 5.83. The Bertz CT molecular complexity index is 833. The number of carbonyl (C=O) groups is 1. The molecule has 7 nitrogen and oxygen atoms in total. The third kappa shape index (κ3) is 5.70. The van der Waals surface area contributed by atoms with Crippen molar-refractivity contribution in [2.45, 2.75) is 0 Å². The molecular formula is C18H14N4O3. The number of nitrogens with one attached hydrogen (secondary N) is 1. The first-order valence-electron chi connectivity index (χ1n) is 7.26. The van der Waals surface area contributed by atoms with E-state index in [0.717, 1.165) is 5.56 Å². The molecule has 0 aliphatic carbocycles. The van der Waals surface area contributed by atoms with Crippen LogP contribution in [0.2, 0.25) is 0 Å². The van der Waals surface area contributed by atoms with Gasteiger partial charge in [0.05, 0.1) is 11.8 Å². The van der Waals surface area contributed by atoms with E-state index in [9.17, 15) is 4.79 Å². The zero-order valence-electron chi connectivity index (χ0n) is 13.2. The first kappa shape index (κ1) is 17.5. The van der Waals surface area contributed by atoms with E-state index >= 15 is 0 Å². The monoisotopic (exact) mass is 334 g/mol. The molecular weight excluding hydrogens is 320 g/mol. The maximum Gasteiger partial charge on any atom is 0.277 e. The average Bonchev–Trinajstić information content (AvgIpc) is 2.66. The van der Waals surface area contributed by atoms with Crippen LogP contribution in [0.3, 0.4) is 0 Å². The van der Waals surface area contributed by atoms with Gasteiger partial charge in [-0.15, -0.1) is 0 Å². The number of ether oxygens (including phenoxy) is 2. The largest absolute Gasteiger partial charge is 0.482 e. The van der Waals surface area contributed by atoms with Crippen molar-refractivity contribution in [3.63, 3.8) is 0 Å². The van der Waals surface area contributed by atoms with Crippen molar-refractivity contribution in [2.24, 2.45) is 5.10 Å². The standard InChI is InChI=1S/C18H14N4O3/c19-9-10-24-16-7-5-14(6-8-16)12-21-22-18(23)13-25-17-4-2-1-3-15(17)11-20/h1-8,12H,10,13H2,(H,22,23)/b21-12-. The minimum atomic E-state index is -0.446. The van der Waals surface area contributed by atoms with Gasteiger partial charge in [-0.25, -0.2) is 5.43 Å². The SMILES string of the molecule is N#CCOc1ccc(/C=N\NC(=O)COc2ccccc2C#N)cc1. The molecule has 0 saturated heterocycles. The topological polar surface area (TPSA) is 108 Å². The molecule has 2 aromatic rings. The van der Waals surface area contributed by atoms with E-state index in [0.29, 0.717) is 17.1 Å². The Morgan fingerprint density at radius 1 is 1.12 bits per heavy atom. The quantitative estimate of drug-likeness (QED) is 0.615. The molecule has 0 unspecified atom stereocenters. The Hall–Kier alpha value is -3.84. The average molecular weight is 334 g/mol. The zero-order valence-corrected chi connectivity index (χ0v) is 13.2. The van der Waals surface area contributed by atoms with Crippen molar-refractivity contribution in [1.29, 1.82) is 10.5 Å². The molecule has 0 atom stereocenters. The summed E-state index contributed by atoms with van der Waals surface area (Å²) < 4.78 is 10.4. The van der Waals surface area contributed by atoms with Gasteiger partial charge in [-0.1, -0.05) is 12.1 Å². The van der Waals surface area contributed by atoms with Crippen LogP contribution in [0.15, 0.2) is 53.6 Å². The summed E-state index contributed by atoms with van der Waals surface area (Å²) >= 11 is 0. The number of benzene rings is 2. The molecule has 0 fully saturated rings. The second kappa shape index (κ2) is 9.33. The highest BCUT2D eigenvalue weighted by Gasteiger charge is 2.05. The van der Waals surface area contributed by atoms with E-state index in [-0.39, 0.29) is 13.2 Å². The fourth-order valence-corrected chi connectivity index (χ4v) is 1.80.